The van der Waals surface area contributed by atoms with Gasteiger partial charge in [0.1, 0.15) is 13.2 Å². The van der Waals surface area contributed by atoms with Gasteiger partial charge in [0.15, 0.2) is 6.10 Å². The molecule has 0 aromatic rings. The van der Waals surface area contributed by atoms with Gasteiger partial charge in [0.05, 0.1) is 0 Å². The van der Waals surface area contributed by atoms with E-state index in [1.807, 2.05) is 0 Å². The highest BCUT2D eigenvalue weighted by Crippen LogP contribution is 2.14. The zero-order chi connectivity index (χ0) is 47.2. The maximum Gasteiger partial charge on any atom is 0.306 e. The molecule has 0 fully saturated rings. The molecule has 0 saturated carbocycles. The van der Waals surface area contributed by atoms with Crippen LogP contribution in [-0.2, 0) is 28.6 Å². The van der Waals surface area contributed by atoms with Crippen molar-refractivity contribution in [1.82, 2.24) is 0 Å². The van der Waals surface area contributed by atoms with Crippen LogP contribution in [0.2, 0.25) is 0 Å². The van der Waals surface area contributed by atoms with Crippen molar-refractivity contribution in [2.24, 2.45) is 0 Å². The first-order chi connectivity index (χ1) is 32.0. The maximum atomic E-state index is 12.8. The first-order valence-corrected chi connectivity index (χ1v) is 27.1. The number of ether oxygens (including phenoxy) is 3. The molecule has 372 valence electrons. The van der Waals surface area contributed by atoms with E-state index in [0.717, 1.165) is 96.3 Å². The molecule has 0 bridgehead atoms. The van der Waals surface area contributed by atoms with Crippen molar-refractivity contribution in [1.29, 1.82) is 0 Å². The Hall–Kier alpha value is -3.41. The van der Waals surface area contributed by atoms with Gasteiger partial charge in [-0.15, -0.1) is 0 Å². The molecule has 0 N–H and O–H groups in total. The van der Waals surface area contributed by atoms with Crippen LogP contribution >= 0.6 is 0 Å². The van der Waals surface area contributed by atoms with Gasteiger partial charge in [0, 0.05) is 19.3 Å². The molecule has 0 aromatic carbocycles. The average Bonchev–Trinajstić information content (AvgIpc) is 3.30. The van der Waals surface area contributed by atoms with Gasteiger partial charge in [-0.05, 0) is 109 Å². The van der Waals surface area contributed by atoms with E-state index in [9.17, 15) is 14.4 Å². The van der Waals surface area contributed by atoms with E-state index in [4.69, 9.17) is 14.2 Å². The Morgan fingerprint density at radius 2 is 0.615 bits per heavy atom. The van der Waals surface area contributed by atoms with Crippen LogP contribution in [0, 0.1) is 0 Å². The highest BCUT2D eigenvalue weighted by Gasteiger charge is 2.19. The summed E-state index contributed by atoms with van der Waals surface area (Å²) in [7, 11) is 0. The van der Waals surface area contributed by atoms with Gasteiger partial charge in [-0.2, -0.15) is 0 Å². The van der Waals surface area contributed by atoms with Crippen LogP contribution in [0.15, 0.2) is 85.1 Å². The second-order valence-electron chi connectivity index (χ2n) is 17.7. The highest BCUT2D eigenvalue weighted by molar-refractivity contribution is 5.71. The monoisotopic (exact) mass is 905 g/mol. The first-order valence-electron chi connectivity index (χ1n) is 27.1. The molecular weight excluding hydrogens is 805 g/mol. The SMILES string of the molecule is CC/C=C\C/C=C\C/C=C\C/C=C\C/C=C\CCCC(=O)OC[C@H](COC(=O)CCCCCCC/C=C\CCCCCCCC)OC(=O)CCCCCCC/C=C\CCCCCCCC. The summed E-state index contributed by atoms with van der Waals surface area (Å²) in [5.74, 6) is -0.977. The summed E-state index contributed by atoms with van der Waals surface area (Å²) < 4.78 is 16.8. The molecule has 6 heteroatoms. The molecule has 0 aromatic heterocycles. The molecule has 0 aliphatic heterocycles. The van der Waals surface area contributed by atoms with Crippen molar-refractivity contribution in [3.8, 4) is 0 Å². The smallest absolute Gasteiger partial charge is 0.306 e. The number of carbonyl (C=O) groups is 3. The fraction of sp³-hybridized carbons (Fsp3) is 0.712. The molecule has 0 rings (SSSR count). The summed E-state index contributed by atoms with van der Waals surface area (Å²) >= 11 is 0. The number of esters is 3. The largest absolute Gasteiger partial charge is 0.462 e. The van der Waals surface area contributed by atoms with Gasteiger partial charge < -0.3 is 14.2 Å². The van der Waals surface area contributed by atoms with Crippen LogP contribution in [0.1, 0.15) is 252 Å². The van der Waals surface area contributed by atoms with Crippen molar-refractivity contribution in [2.45, 2.75) is 258 Å². The van der Waals surface area contributed by atoms with Gasteiger partial charge in [0.2, 0.25) is 0 Å². The van der Waals surface area contributed by atoms with Crippen LogP contribution in [0.25, 0.3) is 0 Å². The molecule has 0 spiro atoms. The second kappa shape index (κ2) is 53.2. The zero-order valence-electron chi connectivity index (χ0n) is 42.5. The number of allylic oxidation sites excluding steroid dienone is 14. The molecule has 0 heterocycles. The summed E-state index contributed by atoms with van der Waals surface area (Å²) in [6.45, 7) is 6.45. The van der Waals surface area contributed by atoms with Crippen molar-refractivity contribution in [3.63, 3.8) is 0 Å². The minimum atomic E-state index is -0.807. The fourth-order valence-corrected chi connectivity index (χ4v) is 7.29. The lowest BCUT2D eigenvalue weighted by atomic mass is 10.1. The van der Waals surface area contributed by atoms with Crippen molar-refractivity contribution >= 4 is 17.9 Å². The molecule has 1 atom stereocenters. The number of carbonyl (C=O) groups excluding carboxylic acids is 3. The number of hydrogen-bond donors (Lipinski definition) is 0. The maximum absolute atomic E-state index is 12.8. The topological polar surface area (TPSA) is 78.9 Å². The van der Waals surface area contributed by atoms with Crippen LogP contribution in [0.5, 0.6) is 0 Å². The second-order valence-corrected chi connectivity index (χ2v) is 17.7. The fourth-order valence-electron chi connectivity index (χ4n) is 7.29. The Kier molecular flexibility index (Phi) is 50.4. The highest BCUT2D eigenvalue weighted by atomic mass is 16.6. The normalized spacial score (nSPS) is 12.7. The third-order valence-electron chi connectivity index (χ3n) is 11.4. The van der Waals surface area contributed by atoms with E-state index in [1.165, 1.54) is 109 Å². The van der Waals surface area contributed by atoms with Crippen molar-refractivity contribution in [2.75, 3.05) is 13.2 Å². The first kappa shape index (κ1) is 61.6. The van der Waals surface area contributed by atoms with E-state index in [0.29, 0.717) is 19.3 Å². The van der Waals surface area contributed by atoms with Crippen LogP contribution < -0.4 is 0 Å². The number of hydrogen-bond acceptors (Lipinski definition) is 6. The Bertz CT molecular complexity index is 1270. The summed E-state index contributed by atoms with van der Waals surface area (Å²) in [5.41, 5.74) is 0. The third kappa shape index (κ3) is 51.4. The Balaban J connectivity index is 4.50. The molecule has 0 aliphatic rings. The zero-order valence-corrected chi connectivity index (χ0v) is 42.5. The molecule has 0 saturated heterocycles. The standard InChI is InChI=1S/C59H100O6/c1-4-7-10-13-16-19-22-25-28-29-32-34-37-40-43-46-49-52-58(61)64-55-56(65-59(62)53-50-47-44-41-38-35-31-27-24-21-18-15-12-9-6-3)54-63-57(60)51-48-45-42-39-36-33-30-26-23-20-17-14-11-8-5-2/h7,10,16,19,25-28,30-32,34,40,43,56H,4-6,8-9,11-15,17-18,20-24,29,33,35-39,41-42,44-55H2,1-3H3/b10-7-,19-16-,28-25-,30-26-,31-27-,34-32-,43-40-/t56-/m0/s1. The predicted molar refractivity (Wildman–Crippen MR) is 279 cm³/mol. The third-order valence-corrected chi connectivity index (χ3v) is 11.4. The minimum Gasteiger partial charge on any atom is -0.462 e. The lowest BCUT2D eigenvalue weighted by molar-refractivity contribution is -0.167. The van der Waals surface area contributed by atoms with E-state index in [1.54, 1.807) is 0 Å². The predicted octanol–water partition coefficient (Wildman–Crippen LogP) is 18.0. The van der Waals surface area contributed by atoms with Crippen LogP contribution in [0.3, 0.4) is 0 Å². The van der Waals surface area contributed by atoms with Crippen LogP contribution in [-0.4, -0.2) is 37.2 Å². The summed E-state index contributed by atoms with van der Waals surface area (Å²) in [5, 5.41) is 0. The Labute approximate surface area is 401 Å². The lowest BCUT2D eigenvalue weighted by Gasteiger charge is -2.18. The molecule has 0 unspecified atom stereocenters. The number of unbranched alkanes of at least 4 members (excludes halogenated alkanes) is 23. The summed E-state index contributed by atoms with van der Waals surface area (Å²) in [4.78, 5) is 38.0. The van der Waals surface area contributed by atoms with Gasteiger partial charge in [-0.1, -0.05) is 209 Å². The van der Waals surface area contributed by atoms with E-state index in [-0.39, 0.29) is 37.5 Å². The van der Waals surface area contributed by atoms with Gasteiger partial charge in [-0.3, -0.25) is 14.4 Å². The summed E-state index contributed by atoms with van der Waals surface area (Å²) in [6.07, 6.45) is 68.6. The minimum absolute atomic E-state index is 0.102. The molecule has 0 radical (unpaired) electrons. The summed E-state index contributed by atoms with van der Waals surface area (Å²) in [6, 6.07) is 0. The Morgan fingerprint density at radius 1 is 0.323 bits per heavy atom. The molecule has 6 nitrogen and oxygen atoms in total. The van der Waals surface area contributed by atoms with Crippen LogP contribution in [0.4, 0.5) is 0 Å². The van der Waals surface area contributed by atoms with Gasteiger partial charge >= 0.3 is 17.9 Å². The van der Waals surface area contributed by atoms with Gasteiger partial charge in [-0.25, -0.2) is 0 Å². The number of rotatable bonds is 48. The lowest BCUT2D eigenvalue weighted by Crippen LogP contribution is -2.30. The molecule has 0 aliphatic carbocycles. The van der Waals surface area contributed by atoms with Gasteiger partial charge in [0.25, 0.3) is 0 Å². The van der Waals surface area contributed by atoms with E-state index in [2.05, 4.69) is 106 Å². The quantitative estimate of drug-likeness (QED) is 0.0262. The Morgan fingerprint density at radius 3 is 1.02 bits per heavy atom. The van der Waals surface area contributed by atoms with E-state index < -0.39 is 6.10 Å². The molecule has 0 amide bonds. The molecule has 65 heavy (non-hydrogen) atoms. The average molecular weight is 905 g/mol. The van der Waals surface area contributed by atoms with Crippen molar-refractivity contribution in [3.05, 3.63) is 85.1 Å². The van der Waals surface area contributed by atoms with E-state index >= 15 is 0 Å². The molecular formula is C59H100O6. The van der Waals surface area contributed by atoms with Crippen molar-refractivity contribution < 1.29 is 28.6 Å².